The zero-order chi connectivity index (χ0) is 29.8. The summed E-state index contributed by atoms with van der Waals surface area (Å²) in [5.41, 5.74) is -4.07. The van der Waals surface area contributed by atoms with Crippen LogP contribution in [0.2, 0.25) is 0 Å². The molecule has 2 aromatic carbocycles. The highest BCUT2D eigenvalue weighted by Gasteiger charge is 2.27. The summed E-state index contributed by atoms with van der Waals surface area (Å²) in [6.45, 7) is 8.95. The van der Waals surface area contributed by atoms with E-state index in [-0.39, 0.29) is 35.0 Å². The molecule has 2 aromatic rings. The third kappa shape index (κ3) is 14.3. The molecule has 0 bridgehead atoms. The van der Waals surface area contributed by atoms with Crippen molar-refractivity contribution in [3.63, 3.8) is 0 Å². The normalized spacial score (nSPS) is 12.2. The summed E-state index contributed by atoms with van der Waals surface area (Å²) in [6, 6.07) is 8.17. The predicted octanol–water partition coefficient (Wildman–Crippen LogP) is 11.3. The molecule has 0 aliphatic rings. The lowest BCUT2D eigenvalue weighted by molar-refractivity contribution is -0.0336. The molecule has 0 fully saturated rings. The molecule has 0 N–H and O–H groups in total. The number of alkyl halides is 6. The van der Waals surface area contributed by atoms with Crippen molar-refractivity contribution in [3.8, 4) is 11.5 Å². The molecule has 0 unspecified atom stereocenters. The third-order valence-electron chi connectivity index (χ3n) is 5.79. The van der Waals surface area contributed by atoms with Gasteiger partial charge in [-0.15, -0.1) is 0 Å². The van der Waals surface area contributed by atoms with E-state index in [0.717, 1.165) is 43.5 Å². The van der Waals surface area contributed by atoms with Crippen molar-refractivity contribution >= 4 is 45.1 Å². The van der Waals surface area contributed by atoms with Crippen molar-refractivity contribution in [3.05, 3.63) is 46.5 Å². The first-order chi connectivity index (χ1) is 18.7. The predicted molar refractivity (Wildman–Crippen MR) is 159 cm³/mol. The van der Waals surface area contributed by atoms with Gasteiger partial charge in [0.2, 0.25) is 0 Å². The molecule has 0 saturated carbocycles. The number of hydrogen-bond acceptors (Lipinski definition) is 6. The number of benzene rings is 2. The van der Waals surface area contributed by atoms with Crippen LogP contribution in [-0.2, 0) is 0 Å². The second-order valence-corrected chi connectivity index (χ2v) is 13.9. The summed E-state index contributed by atoms with van der Waals surface area (Å²) in [4.78, 5) is 2.12. The van der Waals surface area contributed by atoms with Gasteiger partial charge in [-0.3, -0.25) is 0 Å². The van der Waals surface area contributed by atoms with Gasteiger partial charge in [-0.2, -0.15) is 26.3 Å². The zero-order valence-electron chi connectivity index (χ0n) is 23.1. The van der Waals surface area contributed by atoms with Crippen LogP contribution in [0.4, 0.5) is 26.3 Å². The Bertz CT molecular complexity index is 977. The third-order valence-corrected chi connectivity index (χ3v) is 10.1. The molecule has 12 heteroatoms. The zero-order valence-corrected chi connectivity index (χ0v) is 26.4. The Kier molecular flexibility index (Phi) is 15.2. The summed E-state index contributed by atoms with van der Waals surface area (Å²) in [7, 11) is 3.24. The van der Waals surface area contributed by atoms with E-state index >= 15 is 0 Å². The van der Waals surface area contributed by atoms with E-state index in [4.69, 9.17) is 9.47 Å². The first-order valence-corrected chi connectivity index (χ1v) is 17.1. The van der Waals surface area contributed by atoms with E-state index in [1.54, 1.807) is 21.6 Å². The van der Waals surface area contributed by atoms with Crippen LogP contribution in [0.5, 0.6) is 11.5 Å². The Morgan fingerprint density at radius 3 is 1.25 bits per heavy atom. The number of aryl methyl sites for hydroxylation is 4. The van der Waals surface area contributed by atoms with Crippen LogP contribution in [0.25, 0.3) is 0 Å². The molecule has 0 aromatic heterocycles. The topological polar surface area (TPSA) is 18.5 Å². The van der Waals surface area contributed by atoms with Crippen molar-refractivity contribution in [2.45, 2.75) is 87.0 Å². The van der Waals surface area contributed by atoms with Crippen molar-refractivity contribution in [1.29, 1.82) is 0 Å². The van der Waals surface area contributed by atoms with Gasteiger partial charge in [0, 0.05) is 21.3 Å². The van der Waals surface area contributed by atoms with Gasteiger partial charge in [0.25, 0.3) is 0 Å². The summed E-state index contributed by atoms with van der Waals surface area (Å²) in [6.07, 6.45) is 3.75. The fourth-order valence-corrected chi connectivity index (χ4v) is 7.36. The maximum atomic E-state index is 12.2. The Labute approximate surface area is 249 Å². The number of rotatable bonds is 17. The minimum atomic E-state index is -4.17. The maximum Gasteiger partial charge on any atom is 0.441 e. The van der Waals surface area contributed by atoms with E-state index in [2.05, 4.69) is 12.1 Å². The molecular formula is C28H36F6O2S4. The molecule has 40 heavy (non-hydrogen) atoms. The van der Waals surface area contributed by atoms with E-state index in [9.17, 15) is 26.3 Å². The summed E-state index contributed by atoms with van der Waals surface area (Å²) >= 11 is 0.0441. The fraction of sp³-hybridized carbons (Fsp3) is 0.571. The average Bonchev–Trinajstić information content (AvgIpc) is 2.83. The molecule has 0 radical (unpaired) electrons. The molecule has 2 rings (SSSR count). The van der Waals surface area contributed by atoms with Crippen molar-refractivity contribution in [1.82, 2.24) is 0 Å². The largest absolute Gasteiger partial charge is 0.493 e. The Morgan fingerprint density at radius 1 is 0.525 bits per heavy atom. The minimum absolute atomic E-state index is 0.0220. The average molecular weight is 647 g/mol. The van der Waals surface area contributed by atoms with Gasteiger partial charge >= 0.3 is 11.0 Å². The number of hydrogen-bond donors (Lipinski definition) is 0. The SMILES string of the molecule is Cc1cc(C)c(SSc2cc(OCCCCCSC(F)(F)F)c(C)cc2C)cc1OCCCCCSC(F)(F)F. The highest BCUT2D eigenvalue weighted by atomic mass is 33.1. The number of thioether (sulfide) groups is 2. The van der Waals surface area contributed by atoms with Crippen LogP contribution in [0.3, 0.4) is 0 Å². The molecule has 0 atom stereocenters. The van der Waals surface area contributed by atoms with Crippen molar-refractivity contribution < 1.29 is 35.8 Å². The van der Waals surface area contributed by atoms with Gasteiger partial charge in [0.1, 0.15) is 11.5 Å². The first kappa shape index (κ1) is 35.2. The maximum absolute atomic E-state index is 12.2. The van der Waals surface area contributed by atoms with Gasteiger partial charge in [-0.1, -0.05) is 57.2 Å². The Morgan fingerprint density at radius 2 is 0.900 bits per heavy atom. The van der Waals surface area contributed by atoms with E-state index in [0.29, 0.717) is 51.7 Å². The second kappa shape index (κ2) is 17.2. The lowest BCUT2D eigenvalue weighted by Crippen LogP contribution is -2.03. The molecule has 0 aliphatic heterocycles. The molecule has 0 heterocycles. The quantitative estimate of drug-likeness (QED) is 0.0960. The van der Waals surface area contributed by atoms with Crippen LogP contribution in [0, 0.1) is 27.7 Å². The van der Waals surface area contributed by atoms with Crippen LogP contribution < -0.4 is 9.47 Å². The minimum Gasteiger partial charge on any atom is -0.493 e. The van der Waals surface area contributed by atoms with Crippen molar-refractivity contribution in [2.24, 2.45) is 0 Å². The number of unbranched alkanes of at least 4 members (excludes halogenated alkanes) is 4. The van der Waals surface area contributed by atoms with E-state index in [1.807, 2.05) is 39.8 Å². The molecule has 0 amide bonds. The second-order valence-electron chi connectivity index (χ2n) is 9.34. The lowest BCUT2D eigenvalue weighted by Gasteiger charge is -2.15. The molecule has 2 nitrogen and oxygen atoms in total. The van der Waals surface area contributed by atoms with Gasteiger partial charge in [-0.25, -0.2) is 0 Å². The molecular weight excluding hydrogens is 611 g/mol. The molecule has 0 aliphatic carbocycles. The summed E-state index contributed by atoms with van der Waals surface area (Å²) in [5, 5.41) is 0. The number of ether oxygens (including phenoxy) is 2. The fourth-order valence-electron chi connectivity index (χ4n) is 3.71. The van der Waals surface area contributed by atoms with E-state index < -0.39 is 11.0 Å². The Balaban J connectivity index is 1.86. The van der Waals surface area contributed by atoms with Crippen molar-refractivity contribution in [2.75, 3.05) is 24.7 Å². The van der Waals surface area contributed by atoms with Gasteiger partial charge in [0.05, 0.1) is 13.2 Å². The van der Waals surface area contributed by atoms with Gasteiger partial charge < -0.3 is 9.47 Å². The van der Waals surface area contributed by atoms with Crippen LogP contribution in [0.1, 0.15) is 60.8 Å². The monoisotopic (exact) mass is 646 g/mol. The van der Waals surface area contributed by atoms with Gasteiger partial charge in [-0.05, 0) is 101 Å². The standard InChI is InChI=1S/C28H36F6O2S4/c1-19-15-21(3)25(17-23(19)35-11-7-5-9-13-37-27(29,30)31)39-40-26-18-24(20(2)16-22(26)4)36-12-8-6-10-14-38-28(32,33)34/h15-18H,5-14H2,1-4H3. The van der Waals surface area contributed by atoms with E-state index in [1.165, 1.54) is 0 Å². The summed E-state index contributed by atoms with van der Waals surface area (Å²) in [5.74, 6) is 1.69. The number of halogens is 6. The molecule has 0 saturated heterocycles. The molecule has 0 spiro atoms. The lowest BCUT2D eigenvalue weighted by atomic mass is 10.1. The van der Waals surface area contributed by atoms with Crippen LogP contribution in [0.15, 0.2) is 34.1 Å². The highest BCUT2D eigenvalue weighted by Crippen LogP contribution is 2.44. The Hall–Kier alpha value is -0.980. The van der Waals surface area contributed by atoms with Crippen LogP contribution >= 0.6 is 45.1 Å². The van der Waals surface area contributed by atoms with Crippen LogP contribution in [-0.4, -0.2) is 35.7 Å². The van der Waals surface area contributed by atoms with Gasteiger partial charge in [0.15, 0.2) is 0 Å². The highest BCUT2D eigenvalue weighted by molar-refractivity contribution is 8.76. The smallest absolute Gasteiger partial charge is 0.441 e. The molecule has 226 valence electrons. The summed E-state index contributed by atoms with van der Waals surface area (Å²) < 4.78 is 85.3. The first-order valence-electron chi connectivity index (χ1n) is 13.0.